The number of carbonyl (C=O) groups excluding carboxylic acids is 1. The molecule has 0 unspecified atom stereocenters. The summed E-state index contributed by atoms with van der Waals surface area (Å²) in [6, 6.07) is 20.1. The van der Waals surface area contributed by atoms with Crippen LogP contribution >= 0.6 is 0 Å². The van der Waals surface area contributed by atoms with E-state index in [0.717, 1.165) is 16.7 Å². The first kappa shape index (κ1) is 27.1. The average Bonchev–Trinajstić information content (AvgIpc) is 2.85. The quantitative estimate of drug-likeness (QED) is 0.371. The van der Waals surface area contributed by atoms with Gasteiger partial charge in [0.2, 0.25) is 10.0 Å². The number of nitrogens with one attached hydrogen (secondary N) is 1. The molecule has 0 spiro atoms. The van der Waals surface area contributed by atoms with Gasteiger partial charge < -0.3 is 14.8 Å². The van der Waals surface area contributed by atoms with Crippen LogP contribution in [0.15, 0.2) is 66.7 Å². The van der Waals surface area contributed by atoms with Gasteiger partial charge in [-0.2, -0.15) is 0 Å². The van der Waals surface area contributed by atoms with Crippen molar-refractivity contribution in [3.05, 3.63) is 89.0 Å². The normalized spacial score (nSPS) is 11.3. The maximum Gasteiger partial charge on any atom is 0.251 e. The van der Waals surface area contributed by atoms with E-state index in [-0.39, 0.29) is 18.4 Å². The monoisotopic (exact) mass is 510 g/mol. The fourth-order valence-electron chi connectivity index (χ4n) is 3.94. The molecule has 0 radical (unpaired) electrons. The second kappa shape index (κ2) is 11.9. The number of nitrogens with zero attached hydrogens (tertiary/aromatic N) is 1. The second-order valence-corrected chi connectivity index (χ2v) is 10.8. The Bertz CT molecular complexity index is 1290. The Balaban J connectivity index is 1.66. The minimum absolute atomic E-state index is 0.169. The van der Waals surface area contributed by atoms with Crippen molar-refractivity contribution in [2.24, 2.45) is 0 Å². The minimum Gasteiger partial charge on any atom is -0.493 e. The first-order chi connectivity index (χ1) is 17.1. The third kappa shape index (κ3) is 6.79. The van der Waals surface area contributed by atoms with Crippen molar-refractivity contribution in [3.8, 4) is 11.5 Å². The highest BCUT2D eigenvalue weighted by molar-refractivity contribution is 7.92. The summed E-state index contributed by atoms with van der Waals surface area (Å²) in [5, 5.41) is 2.83. The number of hydrogen-bond donors (Lipinski definition) is 1. The molecule has 8 heteroatoms. The highest BCUT2D eigenvalue weighted by Crippen LogP contribution is 2.33. The predicted molar refractivity (Wildman–Crippen MR) is 144 cm³/mol. The van der Waals surface area contributed by atoms with Crippen molar-refractivity contribution < 1.29 is 22.7 Å². The van der Waals surface area contributed by atoms with Crippen LogP contribution in [0.25, 0.3) is 0 Å². The molecule has 0 saturated carbocycles. The molecular weight excluding hydrogens is 476 g/mol. The molecule has 0 aromatic heterocycles. The zero-order valence-electron chi connectivity index (χ0n) is 21.4. The molecule has 0 saturated heterocycles. The molecule has 0 aliphatic heterocycles. The van der Waals surface area contributed by atoms with Crippen molar-refractivity contribution >= 4 is 21.6 Å². The summed E-state index contributed by atoms with van der Waals surface area (Å²) in [5.41, 5.74) is 3.87. The zero-order chi connectivity index (χ0) is 26.3. The number of ether oxygens (including phenoxy) is 2. The molecule has 3 rings (SSSR count). The van der Waals surface area contributed by atoms with Crippen molar-refractivity contribution in [3.63, 3.8) is 0 Å². The topological polar surface area (TPSA) is 84.9 Å². The maximum atomic E-state index is 12.8. The molecule has 1 amide bonds. The predicted octanol–water partition coefficient (Wildman–Crippen LogP) is 4.90. The van der Waals surface area contributed by atoms with Crippen molar-refractivity contribution in [2.75, 3.05) is 30.8 Å². The van der Waals surface area contributed by atoms with E-state index in [2.05, 4.69) is 5.32 Å². The Labute approximate surface area is 214 Å². The van der Waals surface area contributed by atoms with Gasteiger partial charge in [0.25, 0.3) is 5.91 Å². The van der Waals surface area contributed by atoms with Crippen LogP contribution in [0.4, 0.5) is 5.69 Å². The second-order valence-electron chi connectivity index (χ2n) is 8.89. The molecule has 7 nitrogen and oxygen atoms in total. The lowest BCUT2D eigenvalue weighted by molar-refractivity contribution is 0.0947. The number of carbonyl (C=O) groups is 1. The van der Waals surface area contributed by atoms with Gasteiger partial charge in [0.05, 0.1) is 32.1 Å². The lowest BCUT2D eigenvalue weighted by Gasteiger charge is -2.28. The average molecular weight is 511 g/mol. The minimum atomic E-state index is -3.53. The van der Waals surface area contributed by atoms with Crippen molar-refractivity contribution in [2.45, 2.75) is 33.2 Å². The van der Waals surface area contributed by atoms with Crippen LogP contribution in [-0.2, 0) is 16.6 Å². The lowest BCUT2D eigenvalue weighted by atomic mass is 9.98. The zero-order valence-corrected chi connectivity index (χ0v) is 22.3. The Morgan fingerprint density at radius 3 is 2.25 bits per heavy atom. The number of aryl methyl sites for hydroxylation is 1. The largest absolute Gasteiger partial charge is 0.493 e. The van der Waals surface area contributed by atoms with Gasteiger partial charge in [0, 0.05) is 5.56 Å². The summed E-state index contributed by atoms with van der Waals surface area (Å²) in [6.07, 6.45) is 1.22. The van der Waals surface area contributed by atoms with Gasteiger partial charge in [-0.05, 0) is 53.8 Å². The van der Waals surface area contributed by atoms with E-state index in [9.17, 15) is 13.2 Å². The van der Waals surface area contributed by atoms with Crippen LogP contribution in [0.5, 0.6) is 11.5 Å². The molecule has 36 heavy (non-hydrogen) atoms. The van der Waals surface area contributed by atoms with E-state index in [0.29, 0.717) is 35.9 Å². The molecule has 1 N–H and O–H groups in total. The summed E-state index contributed by atoms with van der Waals surface area (Å²) < 4.78 is 37.9. The summed E-state index contributed by atoms with van der Waals surface area (Å²) in [7, 11) is -1.96. The molecule has 0 aliphatic rings. The standard InChI is InChI=1S/C28H34N2O5S/c1-20(2)24-10-8-9-21(3)27(24)30(36(5,32)33)19-22-13-15-23(16-14-22)28(31)29-17-18-35-26-12-7-6-11-25(26)34-4/h6-16,20H,17-19H2,1-5H3,(H,29,31). The van der Waals surface area contributed by atoms with Crippen LogP contribution in [0.1, 0.15) is 46.8 Å². The first-order valence-electron chi connectivity index (χ1n) is 11.8. The van der Waals surface area contributed by atoms with Gasteiger partial charge in [0.15, 0.2) is 11.5 Å². The fraction of sp³-hybridized carbons (Fsp3) is 0.321. The molecule has 3 aromatic rings. The lowest BCUT2D eigenvalue weighted by Crippen LogP contribution is -2.31. The fourth-order valence-corrected chi connectivity index (χ4v) is 4.91. The van der Waals surface area contributed by atoms with E-state index in [1.54, 1.807) is 37.4 Å². The third-order valence-corrected chi connectivity index (χ3v) is 6.91. The van der Waals surface area contributed by atoms with Gasteiger partial charge in [-0.3, -0.25) is 9.10 Å². The highest BCUT2D eigenvalue weighted by Gasteiger charge is 2.23. The van der Waals surface area contributed by atoms with Gasteiger partial charge >= 0.3 is 0 Å². The number of amides is 1. The van der Waals surface area contributed by atoms with Crippen molar-refractivity contribution in [1.29, 1.82) is 0 Å². The Hall–Kier alpha value is -3.52. The van der Waals surface area contributed by atoms with Crippen LogP contribution in [0, 0.1) is 6.92 Å². The number of hydrogen-bond acceptors (Lipinski definition) is 5. The summed E-state index contributed by atoms with van der Waals surface area (Å²) in [4.78, 5) is 12.6. The molecular formula is C28H34N2O5S. The summed E-state index contributed by atoms with van der Waals surface area (Å²) >= 11 is 0. The van der Waals surface area contributed by atoms with E-state index in [1.807, 2.05) is 57.2 Å². The molecule has 192 valence electrons. The van der Waals surface area contributed by atoms with Gasteiger partial charge in [0.1, 0.15) is 6.61 Å². The Kier molecular flexibility index (Phi) is 8.98. The van der Waals surface area contributed by atoms with Gasteiger partial charge in [-0.15, -0.1) is 0 Å². The highest BCUT2D eigenvalue weighted by atomic mass is 32.2. The van der Waals surface area contributed by atoms with Crippen LogP contribution < -0.4 is 19.1 Å². The number of para-hydroxylation sites is 3. The van der Waals surface area contributed by atoms with Crippen LogP contribution in [0.3, 0.4) is 0 Å². The molecule has 0 fully saturated rings. The van der Waals surface area contributed by atoms with Gasteiger partial charge in [-0.25, -0.2) is 8.42 Å². The number of sulfonamides is 1. The number of anilines is 1. The molecule has 3 aromatic carbocycles. The Morgan fingerprint density at radius 1 is 0.972 bits per heavy atom. The SMILES string of the molecule is COc1ccccc1OCCNC(=O)c1ccc(CN(c2c(C)cccc2C(C)C)S(C)(=O)=O)cc1. The number of methoxy groups -OCH3 is 1. The summed E-state index contributed by atoms with van der Waals surface area (Å²) in [5.74, 6) is 1.19. The molecule has 0 bridgehead atoms. The van der Waals surface area contributed by atoms with Crippen molar-refractivity contribution in [1.82, 2.24) is 5.32 Å². The van der Waals surface area contributed by atoms with E-state index in [4.69, 9.17) is 9.47 Å². The molecule has 0 aliphatic carbocycles. The summed E-state index contributed by atoms with van der Waals surface area (Å²) in [6.45, 7) is 6.82. The Morgan fingerprint density at radius 2 is 1.64 bits per heavy atom. The van der Waals surface area contributed by atoms with E-state index in [1.165, 1.54) is 10.6 Å². The number of rotatable bonds is 11. The third-order valence-electron chi connectivity index (χ3n) is 5.80. The maximum absolute atomic E-state index is 12.8. The molecule has 0 atom stereocenters. The van der Waals surface area contributed by atoms with Crippen LogP contribution in [0.2, 0.25) is 0 Å². The smallest absolute Gasteiger partial charge is 0.251 e. The van der Waals surface area contributed by atoms with E-state index >= 15 is 0 Å². The van der Waals surface area contributed by atoms with Gasteiger partial charge in [-0.1, -0.05) is 56.3 Å². The number of benzene rings is 3. The van der Waals surface area contributed by atoms with Crippen LogP contribution in [-0.4, -0.2) is 40.8 Å². The first-order valence-corrected chi connectivity index (χ1v) is 13.7. The molecule has 0 heterocycles. The van der Waals surface area contributed by atoms with E-state index < -0.39 is 10.0 Å².